The van der Waals surface area contributed by atoms with Crippen molar-refractivity contribution in [2.75, 3.05) is 0 Å². The first-order valence-electron chi connectivity index (χ1n) is 4.85. The van der Waals surface area contributed by atoms with Gasteiger partial charge in [0.1, 0.15) is 5.75 Å². The molecule has 1 atom stereocenters. The van der Waals surface area contributed by atoms with E-state index in [4.69, 9.17) is 6.42 Å². The Morgan fingerprint density at radius 2 is 2.00 bits per heavy atom. The van der Waals surface area contributed by atoms with E-state index in [-0.39, 0.29) is 17.7 Å². The smallest absolute Gasteiger partial charge is 0.387 e. The van der Waals surface area contributed by atoms with E-state index in [9.17, 15) is 13.6 Å². The highest BCUT2D eigenvalue weighted by atomic mass is 19.3. The summed E-state index contributed by atoms with van der Waals surface area (Å²) in [6.45, 7) is -1.22. The average molecular weight is 239 g/mol. The van der Waals surface area contributed by atoms with E-state index in [0.29, 0.717) is 5.56 Å². The van der Waals surface area contributed by atoms with Gasteiger partial charge in [-0.3, -0.25) is 4.79 Å². The Morgan fingerprint density at radius 1 is 1.41 bits per heavy atom. The number of ether oxygens (including phenoxy) is 1. The zero-order chi connectivity index (χ0) is 12.8. The van der Waals surface area contributed by atoms with Crippen molar-refractivity contribution < 1.29 is 18.3 Å². The highest BCUT2D eigenvalue weighted by Crippen LogP contribution is 2.14. The zero-order valence-corrected chi connectivity index (χ0v) is 9.11. The zero-order valence-electron chi connectivity index (χ0n) is 9.11. The van der Waals surface area contributed by atoms with Crippen molar-refractivity contribution in [2.24, 2.45) is 0 Å². The number of benzene rings is 1. The summed E-state index contributed by atoms with van der Waals surface area (Å²) < 4.78 is 27.9. The van der Waals surface area contributed by atoms with Crippen molar-refractivity contribution in [2.45, 2.75) is 19.6 Å². The second-order valence-corrected chi connectivity index (χ2v) is 3.26. The number of rotatable bonds is 4. The van der Waals surface area contributed by atoms with Crippen molar-refractivity contribution >= 4 is 5.91 Å². The van der Waals surface area contributed by atoms with Crippen molar-refractivity contribution in [3.05, 3.63) is 29.8 Å². The van der Waals surface area contributed by atoms with Crippen LogP contribution in [0, 0.1) is 12.3 Å². The maximum absolute atomic E-state index is 11.9. The summed E-state index contributed by atoms with van der Waals surface area (Å²) in [5, 5.41) is 2.54. The number of hydrogen-bond donors (Lipinski definition) is 1. The van der Waals surface area contributed by atoms with Gasteiger partial charge in [0, 0.05) is 5.56 Å². The van der Waals surface area contributed by atoms with Crippen molar-refractivity contribution in [3.8, 4) is 18.1 Å². The number of halogens is 2. The fraction of sp³-hybridized carbons (Fsp3) is 0.250. The van der Waals surface area contributed by atoms with Crippen LogP contribution in [-0.4, -0.2) is 18.6 Å². The largest absolute Gasteiger partial charge is 0.435 e. The predicted octanol–water partition coefficient (Wildman–Crippen LogP) is 2.04. The topological polar surface area (TPSA) is 38.3 Å². The van der Waals surface area contributed by atoms with Gasteiger partial charge < -0.3 is 10.1 Å². The quantitative estimate of drug-likeness (QED) is 0.816. The molecule has 1 aromatic carbocycles. The Hall–Kier alpha value is -2.09. The van der Waals surface area contributed by atoms with Crippen molar-refractivity contribution in [1.82, 2.24) is 5.32 Å². The van der Waals surface area contributed by atoms with E-state index in [1.165, 1.54) is 24.3 Å². The lowest BCUT2D eigenvalue weighted by Gasteiger charge is -2.08. The molecule has 1 aromatic rings. The van der Waals surface area contributed by atoms with Crippen LogP contribution in [-0.2, 0) is 0 Å². The molecule has 1 amide bonds. The maximum atomic E-state index is 11.9. The van der Waals surface area contributed by atoms with Gasteiger partial charge in [-0.25, -0.2) is 0 Å². The van der Waals surface area contributed by atoms with Crippen LogP contribution in [0.2, 0.25) is 0 Å². The Labute approximate surface area is 97.8 Å². The van der Waals surface area contributed by atoms with Gasteiger partial charge in [0.2, 0.25) is 0 Å². The number of nitrogens with one attached hydrogen (secondary N) is 1. The van der Waals surface area contributed by atoms with E-state index in [1.807, 2.05) is 0 Å². The second kappa shape index (κ2) is 5.85. The molecule has 3 nitrogen and oxygen atoms in total. The fourth-order valence-electron chi connectivity index (χ4n) is 1.11. The number of carbonyl (C=O) groups is 1. The first kappa shape index (κ1) is 13.0. The molecule has 0 spiro atoms. The predicted molar refractivity (Wildman–Crippen MR) is 58.8 cm³/mol. The van der Waals surface area contributed by atoms with E-state index in [0.717, 1.165) is 0 Å². The van der Waals surface area contributed by atoms with E-state index < -0.39 is 6.61 Å². The van der Waals surface area contributed by atoms with Gasteiger partial charge in [-0.2, -0.15) is 8.78 Å². The van der Waals surface area contributed by atoms with Crippen LogP contribution in [0.1, 0.15) is 17.3 Å². The third-order valence-corrected chi connectivity index (χ3v) is 1.94. The minimum atomic E-state index is -2.88. The van der Waals surface area contributed by atoms with Gasteiger partial charge in [0.05, 0.1) is 6.04 Å². The van der Waals surface area contributed by atoms with Crippen LogP contribution in [0.15, 0.2) is 24.3 Å². The molecule has 5 heteroatoms. The molecule has 0 aliphatic rings. The Balaban J connectivity index is 2.68. The van der Waals surface area contributed by atoms with Crippen molar-refractivity contribution in [3.63, 3.8) is 0 Å². The monoisotopic (exact) mass is 239 g/mol. The number of alkyl halides is 2. The molecule has 0 aromatic heterocycles. The van der Waals surface area contributed by atoms with Crippen molar-refractivity contribution in [1.29, 1.82) is 0 Å². The average Bonchev–Trinajstić information content (AvgIpc) is 2.28. The summed E-state index contributed by atoms with van der Waals surface area (Å²) >= 11 is 0. The molecule has 17 heavy (non-hydrogen) atoms. The first-order valence-corrected chi connectivity index (χ1v) is 4.85. The third kappa shape index (κ3) is 4.11. The lowest BCUT2D eigenvalue weighted by atomic mass is 10.2. The molecule has 1 rings (SSSR count). The van der Waals surface area contributed by atoms with Gasteiger partial charge in [0.15, 0.2) is 0 Å². The molecule has 90 valence electrons. The Morgan fingerprint density at radius 3 is 2.47 bits per heavy atom. The lowest BCUT2D eigenvalue weighted by molar-refractivity contribution is -0.0498. The number of amides is 1. The van der Waals surface area contributed by atoms with Gasteiger partial charge in [-0.05, 0) is 31.2 Å². The first-order chi connectivity index (χ1) is 8.02. The summed E-state index contributed by atoms with van der Waals surface area (Å²) in [5.74, 6) is 1.99. The summed E-state index contributed by atoms with van der Waals surface area (Å²) in [5.41, 5.74) is 0.328. The van der Waals surface area contributed by atoms with Crippen LogP contribution in [0.4, 0.5) is 8.78 Å². The van der Waals surface area contributed by atoms with Gasteiger partial charge in [-0.1, -0.05) is 5.92 Å². The van der Waals surface area contributed by atoms with Crippen LogP contribution in [0.5, 0.6) is 5.75 Å². The van der Waals surface area contributed by atoms with E-state index in [1.54, 1.807) is 6.92 Å². The number of terminal acetylenes is 1. The second-order valence-electron chi connectivity index (χ2n) is 3.26. The van der Waals surface area contributed by atoms with Gasteiger partial charge >= 0.3 is 6.61 Å². The number of hydrogen-bond acceptors (Lipinski definition) is 2. The van der Waals surface area contributed by atoms with Gasteiger partial charge in [-0.15, -0.1) is 6.42 Å². The van der Waals surface area contributed by atoms with E-state index in [2.05, 4.69) is 16.0 Å². The molecule has 0 aliphatic carbocycles. The Kier molecular flexibility index (Phi) is 4.46. The highest BCUT2D eigenvalue weighted by molar-refractivity contribution is 5.94. The fourth-order valence-corrected chi connectivity index (χ4v) is 1.11. The highest BCUT2D eigenvalue weighted by Gasteiger charge is 2.09. The van der Waals surface area contributed by atoms with Crippen LogP contribution < -0.4 is 10.1 Å². The molecule has 0 saturated heterocycles. The van der Waals surface area contributed by atoms with Gasteiger partial charge in [0.25, 0.3) is 5.91 Å². The third-order valence-electron chi connectivity index (χ3n) is 1.94. The summed E-state index contributed by atoms with van der Waals surface area (Å²) in [4.78, 5) is 11.6. The molecular formula is C12H11F2NO2. The SMILES string of the molecule is C#CC(C)NC(=O)c1ccc(OC(F)F)cc1. The normalized spacial score (nSPS) is 11.7. The molecule has 1 unspecified atom stereocenters. The molecule has 0 aliphatic heterocycles. The molecule has 0 heterocycles. The summed E-state index contributed by atoms with van der Waals surface area (Å²) in [6, 6.07) is 4.97. The molecular weight excluding hydrogens is 228 g/mol. The lowest BCUT2D eigenvalue weighted by Crippen LogP contribution is -2.31. The Bertz CT molecular complexity index is 423. The standard InChI is InChI=1S/C12H11F2NO2/c1-3-8(2)15-11(16)9-4-6-10(7-5-9)17-12(13)14/h1,4-8,12H,2H3,(H,15,16). The van der Waals surface area contributed by atoms with Crippen LogP contribution in [0.3, 0.4) is 0 Å². The molecule has 0 saturated carbocycles. The van der Waals surface area contributed by atoms with Crippen LogP contribution in [0.25, 0.3) is 0 Å². The summed E-state index contributed by atoms with van der Waals surface area (Å²) in [7, 11) is 0. The molecule has 0 radical (unpaired) electrons. The van der Waals surface area contributed by atoms with E-state index >= 15 is 0 Å². The molecule has 1 N–H and O–H groups in total. The molecule has 0 fully saturated rings. The summed E-state index contributed by atoms with van der Waals surface area (Å²) in [6.07, 6.45) is 5.11. The minimum Gasteiger partial charge on any atom is -0.435 e. The van der Waals surface area contributed by atoms with Crippen LogP contribution >= 0.6 is 0 Å². The molecule has 0 bridgehead atoms. The number of carbonyl (C=O) groups excluding carboxylic acids is 1. The maximum Gasteiger partial charge on any atom is 0.387 e. The minimum absolute atomic E-state index is 0.00143.